The molecule has 0 fully saturated rings. The van der Waals surface area contributed by atoms with Crippen LogP contribution >= 0.6 is 11.6 Å². The molecule has 0 saturated carbocycles. The van der Waals surface area contributed by atoms with E-state index in [2.05, 4.69) is 30.4 Å². The van der Waals surface area contributed by atoms with Gasteiger partial charge in [-0.05, 0) is 26.7 Å². The summed E-state index contributed by atoms with van der Waals surface area (Å²) in [6.07, 6.45) is 3.16. The molecule has 19 heavy (non-hydrogen) atoms. The van der Waals surface area contributed by atoms with Crippen molar-refractivity contribution in [2.24, 2.45) is 7.05 Å². The number of fused-ring (bicyclic) bond motifs is 1. The van der Waals surface area contributed by atoms with Crippen LogP contribution in [-0.4, -0.2) is 19.3 Å². The van der Waals surface area contributed by atoms with E-state index >= 15 is 0 Å². The zero-order valence-corrected chi connectivity index (χ0v) is 13.2. The Morgan fingerprint density at radius 3 is 2.47 bits per heavy atom. The summed E-state index contributed by atoms with van der Waals surface area (Å²) < 4.78 is 4.21. The van der Waals surface area contributed by atoms with Crippen LogP contribution in [0, 0.1) is 0 Å². The van der Waals surface area contributed by atoms with E-state index in [1.54, 1.807) is 0 Å². The fourth-order valence-electron chi connectivity index (χ4n) is 2.72. The van der Waals surface area contributed by atoms with E-state index in [0.29, 0.717) is 6.04 Å². The molecule has 2 atom stereocenters. The first-order valence-electron chi connectivity index (χ1n) is 7.08. The summed E-state index contributed by atoms with van der Waals surface area (Å²) in [5.41, 5.74) is 3.16. The van der Waals surface area contributed by atoms with Crippen molar-refractivity contribution in [3.63, 3.8) is 0 Å². The van der Waals surface area contributed by atoms with Crippen molar-refractivity contribution in [1.29, 1.82) is 0 Å². The number of hydrogen-bond donors (Lipinski definition) is 0. The third-order valence-corrected chi connectivity index (χ3v) is 3.80. The number of nitrogens with zero attached hydrogens (tertiary/aromatic N) is 4. The molecule has 2 rings (SSSR count). The van der Waals surface area contributed by atoms with Gasteiger partial charge >= 0.3 is 0 Å². The quantitative estimate of drug-likeness (QED) is 0.777. The molecule has 0 saturated heterocycles. The first kappa shape index (κ1) is 14.4. The van der Waals surface area contributed by atoms with Crippen LogP contribution in [0.3, 0.4) is 0 Å². The molecular weight excluding hydrogens is 260 g/mol. The largest absolute Gasteiger partial charge is 0.309 e. The molecule has 0 radical (unpaired) electrons. The van der Waals surface area contributed by atoms with Crippen molar-refractivity contribution >= 4 is 22.8 Å². The SMILES string of the molecule is CCCC(C)n1c(C(C)Cl)nc2c(CC)nn(C)c21. The van der Waals surface area contributed by atoms with E-state index in [4.69, 9.17) is 16.6 Å². The second-order valence-corrected chi connectivity index (χ2v) is 5.84. The van der Waals surface area contributed by atoms with E-state index in [0.717, 1.165) is 41.9 Å². The summed E-state index contributed by atoms with van der Waals surface area (Å²) >= 11 is 6.32. The average Bonchev–Trinajstić information content (AvgIpc) is 2.88. The standard InChI is InChI=1S/C14H23ClN4/c1-6-8-9(3)19-13(10(4)15)16-12-11(7-2)17-18(5)14(12)19/h9-10H,6-8H2,1-5H3. The summed E-state index contributed by atoms with van der Waals surface area (Å²) in [5.74, 6) is 0.959. The Balaban J connectivity index is 2.69. The van der Waals surface area contributed by atoms with E-state index in [1.807, 2.05) is 18.7 Å². The fraction of sp³-hybridized carbons (Fsp3) is 0.714. The maximum atomic E-state index is 6.32. The normalized spacial score (nSPS) is 15.1. The molecule has 0 N–H and O–H groups in total. The molecule has 106 valence electrons. The number of aromatic nitrogens is 4. The van der Waals surface area contributed by atoms with Crippen LogP contribution in [0.5, 0.6) is 0 Å². The molecule has 0 amide bonds. The lowest BCUT2D eigenvalue weighted by atomic mass is 10.2. The van der Waals surface area contributed by atoms with Gasteiger partial charge in [0.25, 0.3) is 0 Å². The predicted molar refractivity (Wildman–Crippen MR) is 79.8 cm³/mol. The molecule has 0 aliphatic carbocycles. The third-order valence-electron chi connectivity index (χ3n) is 3.60. The summed E-state index contributed by atoms with van der Waals surface area (Å²) in [6.45, 7) is 8.53. The van der Waals surface area contributed by atoms with Crippen LogP contribution in [0.2, 0.25) is 0 Å². The smallest absolute Gasteiger partial charge is 0.158 e. The Morgan fingerprint density at radius 1 is 1.26 bits per heavy atom. The minimum Gasteiger partial charge on any atom is -0.309 e. The predicted octanol–water partition coefficient (Wildman–Crippen LogP) is 3.99. The van der Waals surface area contributed by atoms with Gasteiger partial charge < -0.3 is 4.57 Å². The zero-order chi connectivity index (χ0) is 14.2. The minimum absolute atomic E-state index is 0.0867. The van der Waals surface area contributed by atoms with Crippen LogP contribution in [0.4, 0.5) is 0 Å². The van der Waals surface area contributed by atoms with Crippen LogP contribution in [-0.2, 0) is 13.5 Å². The number of halogens is 1. The van der Waals surface area contributed by atoms with Gasteiger partial charge in [0, 0.05) is 13.1 Å². The first-order valence-corrected chi connectivity index (χ1v) is 7.52. The van der Waals surface area contributed by atoms with Gasteiger partial charge in [-0.1, -0.05) is 20.3 Å². The molecule has 0 spiro atoms. The highest BCUT2D eigenvalue weighted by molar-refractivity contribution is 6.20. The highest BCUT2D eigenvalue weighted by atomic mass is 35.5. The van der Waals surface area contributed by atoms with Gasteiger partial charge in [0.1, 0.15) is 11.3 Å². The molecule has 2 unspecified atom stereocenters. The van der Waals surface area contributed by atoms with Crippen molar-refractivity contribution in [1.82, 2.24) is 19.3 Å². The molecule has 2 heterocycles. The molecule has 4 nitrogen and oxygen atoms in total. The van der Waals surface area contributed by atoms with Crippen molar-refractivity contribution in [2.45, 2.75) is 58.4 Å². The van der Waals surface area contributed by atoms with Gasteiger partial charge in [0.05, 0.1) is 11.1 Å². The van der Waals surface area contributed by atoms with Gasteiger partial charge in [-0.25, -0.2) is 4.98 Å². The number of aryl methyl sites for hydroxylation is 2. The third kappa shape index (κ3) is 2.38. The summed E-state index contributed by atoms with van der Waals surface area (Å²) in [6, 6.07) is 0.395. The van der Waals surface area contributed by atoms with Crippen molar-refractivity contribution in [3.05, 3.63) is 11.5 Å². The van der Waals surface area contributed by atoms with E-state index in [1.165, 1.54) is 0 Å². The monoisotopic (exact) mass is 282 g/mol. The Bertz CT molecular complexity index is 568. The van der Waals surface area contributed by atoms with E-state index in [9.17, 15) is 0 Å². The van der Waals surface area contributed by atoms with Crippen molar-refractivity contribution in [2.75, 3.05) is 0 Å². The highest BCUT2D eigenvalue weighted by Crippen LogP contribution is 2.31. The van der Waals surface area contributed by atoms with Crippen LogP contribution < -0.4 is 0 Å². The van der Waals surface area contributed by atoms with Gasteiger partial charge in [0.15, 0.2) is 5.65 Å². The maximum Gasteiger partial charge on any atom is 0.158 e. The Morgan fingerprint density at radius 2 is 1.95 bits per heavy atom. The maximum absolute atomic E-state index is 6.32. The summed E-state index contributed by atoms with van der Waals surface area (Å²) in [4.78, 5) is 4.75. The average molecular weight is 283 g/mol. The van der Waals surface area contributed by atoms with Crippen molar-refractivity contribution in [3.8, 4) is 0 Å². The number of imidazole rings is 1. The topological polar surface area (TPSA) is 35.6 Å². The van der Waals surface area contributed by atoms with Crippen LogP contribution in [0.25, 0.3) is 11.2 Å². The lowest BCUT2D eigenvalue weighted by Gasteiger charge is -2.18. The summed E-state index contributed by atoms with van der Waals surface area (Å²) in [5, 5.41) is 4.48. The Hall–Kier alpha value is -1.03. The van der Waals surface area contributed by atoms with Gasteiger partial charge in [-0.3, -0.25) is 4.68 Å². The Labute approximate surface area is 119 Å². The number of rotatable bonds is 5. The van der Waals surface area contributed by atoms with Gasteiger partial charge in [-0.15, -0.1) is 11.6 Å². The van der Waals surface area contributed by atoms with E-state index < -0.39 is 0 Å². The lowest BCUT2D eigenvalue weighted by molar-refractivity contribution is 0.484. The molecule has 2 aromatic rings. The highest BCUT2D eigenvalue weighted by Gasteiger charge is 2.23. The zero-order valence-electron chi connectivity index (χ0n) is 12.4. The number of hydrogen-bond acceptors (Lipinski definition) is 2. The minimum atomic E-state index is -0.0867. The van der Waals surface area contributed by atoms with Gasteiger partial charge in [-0.2, -0.15) is 5.10 Å². The van der Waals surface area contributed by atoms with Crippen LogP contribution in [0.1, 0.15) is 63.5 Å². The Kier molecular flexibility index (Phi) is 4.19. The molecule has 5 heteroatoms. The lowest BCUT2D eigenvalue weighted by Crippen LogP contribution is -2.12. The van der Waals surface area contributed by atoms with Crippen molar-refractivity contribution < 1.29 is 0 Å². The van der Waals surface area contributed by atoms with E-state index in [-0.39, 0.29) is 5.38 Å². The van der Waals surface area contributed by atoms with Crippen LogP contribution in [0.15, 0.2) is 0 Å². The second-order valence-electron chi connectivity index (χ2n) is 5.19. The first-order chi connectivity index (χ1) is 9.01. The summed E-state index contributed by atoms with van der Waals surface area (Å²) in [7, 11) is 1.99. The molecule has 2 aromatic heterocycles. The fourth-order valence-corrected chi connectivity index (χ4v) is 2.87. The molecule has 0 aromatic carbocycles. The molecule has 0 bridgehead atoms. The molecular formula is C14H23ClN4. The molecule has 0 aliphatic rings. The molecule has 0 aliphatic heterocycles. The second kappa shape index (κ2) is 5.53. The van der Waals surface area contributed by atoms with Gasteiger partial charge in [0.2, 0.25) is 0 Å². The number of alkyl halides is 1.